The third kappa shape index (κ3) is 3.23. The molecule has 1 aromatic heterocycles. The van der Waals surface area contributed by atoms with Gasteiger partial charge in [-0.3, -0.25) is 9.59 Å². The van der Waals surface area contributed by atoms with E-state index in [1.54, 1.807) is 16.5 Å². The number of aromatic nitrogens is 2. The van der Waals surface area contributed by atoms with Gasteiger partial charge in [0.05, 0.1) is 18.4 Å². The van der Waals surface area contributed by atoms with Crippen LogP contribution in [0.2, 0.25) is 0 Å². The number of rotatable bonds is 3. The Kier molecular flexibility index (Phi) is 4.76. The summed E-state index contributed by atoms with van der Waals surface area (Å²) in [7, 11) is 0. The van der Waals surface area contributed by atoms with E-state index in [1.807, 2.05) is 37.3 Å². The average Bonchev–Trinajstić information content (AvgIpc) is 2.62. The molecule has 3 rings (SSSR count). The van der Waals surface area contributed by atoms with Gasteiger partial charge in [0.2, 0.25) is 5.43 Å². The van der Waals surface area contributed by atoms with Gasteiger partial charge in [0.1, 0.15) is 0 Å². The van der Waals surface area contributed by atoms with Crippen LogP contribution in [0.5, 0.6) is 0 Å². The summed E-state index contributed by atoms with van der Waals surface area (Å²) in [5, 5.41) is 4.34. The number of aryl methyl sites for hydroxylation is 1. The molecule has 1 atom stereocenters. The lowest BCUT2D eigenvalue weighted by molar-refractivity contribution is -0.0229. The minimum absolute atomic E-state index is 0.0181. The van der Waals surface area contributed by atoms with E-state index in [-0.39, 0.29) is 23.1 Å². The normalized spacial score (nSPS) is 17.8. The van der Waals surface area contributed by atoms with Gasteiger partial charge >= 0.3 is 0 Å². The molecule has 24 heavy (non-hydrogen) atoms. The van der Waals surface area contributed by atoms with Gasteiger partial charge in [-0.25, -0.2) is 4.68 Å². The molecule has 2 heterocycles. The number of hydrogen-bond acceptors (Lipinski definition) is 4. The van der Waals surface area contributed by atoms with Crippen LogP contribution in [-0.2, 0) is 4.74 Å². The van der Waals surface area contributed by atoms with Crippen LogP contribution in [0.1, 0.15) is 29.5 Å². The fourth-order valence-electron chi connectivity index (χ4n) is 2.83. The van der Waals surface area contributed by atoms with Crippen molar-refractivity contribution in [3.8, 4) is 5.69 Å². The molecule has 1 aromatic carbocycles. The van der Waals surface area contributed by atoms with Gasteiger partial charge in [-0.1, -0.05) is 25.1 Å². The standard InChI is InChI=1S/C18H21N3O3/c1-3-15-12-20(9-10-24-15)18(23)17-16(22)11-13(2)21(19-17)14-7-5-4-6-8-14/h4-8,11,15H,3,9-10,12H2,1-2H3/t15-/m1/s1. The predicted octanol–water partition coefficient (Wildman–Crippen LogP) is 1.79. The highest BCUT2D eigenvalue weighted by atomic mass is 16.5. The summed E-state index contributed by atoms with van der Waals surface area (Å²) in [5.74, 6) is -0.327. The molecule has 2 aromatic rings. The number of amides is 1. The smallest absolute Gasteiger partial charge is 0.278 e. The van der Waals surface area contributed by atoms with Crippen molar-refractivity contribution in [1.82, 2.24) is 14.7 Å². The zero-order valence-corrected chi connectivity index (χ0v) is 13.9. The molecule has 0 radical (unpaired) electrons. The number of hydrogen-bond donors (Lipinski definition) is 0. The monoisotopic (exact) mass is 327 g/mol. The SMILES string of the molecule is CC[C@@H]1CN(C(=O)c2nn(-c3ccccc3)c(C)cc2=O)CCO1. The number of para-hydroxylation sites is 1. The third-order valence-corrected chi connectivity index (χ3v) is 4.19. The average molecular weight is 327 g/mol. The molecule has 1 fully saturated rings. The Labute approximate surface area is 140 Å². The Balaban J connectivity index is 1.96. The fourth-order valence-corrected chi connectivity index (χ4v) is 2.83. The third-order valence-electron chi connectivity index (χ3n) is 4.19. The summed E-state index contributed by atoms with van der Waals surface area (Å²) in [5.41, 5.74) is 1.12. The van der Waals surface area contributed by atoms with E-state index in [0.29, 0.717) is 25.4 Å². The Morgan fingerprint density at radius 1 is 1.33 bits per heavy atom. The highest BCUT2D eigenvalue weighted by Crippen LogP contribution is 2.12. The van der Waals surface area contributed by atoms with Gasteiger partial charge in [-0.15, -0.1) is 0 Å². The van der Waals surface area contributed by atoms with E-state index < -0.39 is 0 Å². The van der Waals surface area contributed by atoms with Crippen LogP contribution in [0.25, 0.3) is 5.69 Å². The second-order valence-electron chi connectivity index (χ2n) is 5.90. The molecule has 0 unspecified atom stereocenters. The highest BCUT2D eigenvalue weighted by molar-refractivity contribution is 5.92. The summed E-state index contributed by atoms with van der Waals surface area (Å²) in [6.07, 6.45) is 0.851. The highest BCUT2D eigenvalue weighted by Gasteiger charge is 2.27. The number of carbonyl (C=O) groups is 1. The van der Waals surface area contributed by atoms with Gasteiger partial charge in [0.25, 0.3) is 5.91 Å². The van der Waals surface area contributed by atoms with Crippen LogP contribution in [-0.4, -0.2) is 46.4 Å². The lowest BCUT2D eigenvalue weighted by Crippen LogP contribution is -2.47. The molecule has 0 aliphatic carbocycles. The number of benzene rings is 1. The minimum Gasteiger partial charge on any atom is -0.375 e. The summed E-state index contributed by atoms with van der Waals surface area (Å²) in [6.45, 7) is 5.29. The van der Waals surface area contributed by atoms with Gasteiger partial charge in [0, 0.05) is 24.8 Å². The van der Waals surface area contributed by atoms with Crippen LogP contribution >= 0.6 is 0 Å². The predicted molar refractivity (Wildman–Crippen MR) is 90.5 cm³/mol. The quantitative estimate of drug-likeness (QED) is 0.862. The lowest BCUT2D eigenvalue weighted by atomic mass is 10.2. The molecule has 1 amide bonds. The topological polar surface area (TPSA) is 64.4 Å². The molecule has 0 N–H and O–H groups in total. The van der Waals surface area contributed by atoms with Crippen molar-refractivity contribution in [2.24, 2.45) is 0 Å². The van der Waals surface area contributed by atoms with Crippen molar-refractivity contribution in [3.05, 3.63) is 58.0 Å². The molecule has 1 aliphatic heterocycles. The first-order valence-corrected chi connectivity index (χ1v) is 8.17. The number of morpholine rings is 1. The van der Waals surface area contributed by atoms with Gasteiger partial charge in [-0.2, -0.15) is 5.10 Å². The second-order valence-corrected chi connectivity index (χ2v) is 5.90. The zero-order chi connectivity index (χ0) is 17.1. The summed E-state index contributed by atoms with van der Waals surface area (Å²) in [6, 6.07) is 10.9. The first-order valence-electron chi connectivity index (χ1n) is 8.17. The van der Waals surface area contributed by atoms with Crippen molar-refractivity contribution in [2.45, 2.75) is 26.4 Å². The van der Waals surface area contributed by atoms with Crippen molar-refractivity contribution < 1.29 is 9.53 Å². The van der Waals surface area contributed by atoms with E-state index in [9.17, 15) is 9.59 Å². The fraction of sp³-hybridized carbons (Fsp3) is 0.389. The van der Waals surface area contributed by atoms with Crippen LogP contribution in [0.15, 0.2) is 41.2 Å². The Morgan fingerprint density at radius 3 is 2.79 bits per heavy atom. The molecule has 1 aliphatic rings. The molecule has 1 saturated heterocycles. The van der Waals surface area contributed by atoms with Crippen molar-refractivity contribution in [1.29, 1.82) is 0 Å². The van der Waals surface area contributed by atoms with E-state index in [1.165, 1.54) is 6.07 Å². The number of ether oxygens (including phenoxy) is 1. The van der Waals surface area contributed by atoms with Crippen molar-refractivity contribution in [2.75, 3.05) is 19.7 Å². The van der Waals surface area contributed by atoms with Crippen LogP contribution in [0, 0.1) is 6.92 Å². The number of carbonyl (C=O) groups excluding carboxylic acids is 1. The molecule has 6 nitrogen and oxygen atoms in total. The van der Waals surface area contributed by atoms with Gasteiger partial charge in [0.15, 0.2) is 5.69 Å². The van der Waals surface area contributed by atoms with Crippen LogP contribution in [0.3, 0.4) is 0 Å². The zero-order valence-electron chi connectivity index (χ0n) is 13.9. The Hall–Kier alpha value is -2.47. The largest absolute Gasteiger partial charge is 0.375 e. The van der Waals surface area contributed by atoms with Crippen molar-refractivity contribution in [3.63, 3.8) is 0 Å². The molecule has 0 spiro atoms. The summed E-state index contributed by atoms with van der Waals surface area (Å²) < 4.78 is 7.22. The maximum Gasteiger partial charge on any atom is 0.278 e. The molecular formula is C18H21N3O3. The first-order chi connectivity index (χ1) is 11.6. The number of nitrogens with zero attached hydrogens (tertiary/aromatic N) is 3. The second kappa shape index (κ2) is 6.97. The maximum absolute atomic E-state index is 12.8. The van der Waals surface area contributed by atoms with E-state index in [0.717, 1.165) is 12.1 Å². The van der Waals surface area contributed by atoms with Crippen LogP contribution < -0.4 is 5.43 Å². The summed E-state index contributed by atoms with van der Waals surface area (Å²) >= 11 is 0. The van der Waals surface area contributed by atoms with Crippen LogP contribution in [0.4, 0.5) is 0 Å². The first kappa shape index (κ1) is 16.4. The van der Waals surface area contributed by atoms with E-state index in [4.69, 9.17) is 4.74 Å². The summed E-state index contributed by atoms with van der Waals surface area (Å²) in [4.78, 5) is 26.7. The van der Waals surface area contributed by atoms with E-state index in [2.05, 4.69) is 5.10 Å². The Morgan fingerprint density at radius 2 is 2.08 bits per heavy atom. The molecule has 0 saturated carbocycles. The van der Waals surface area contributed by atoms with Gasteiger partial charge in [-0.05, 0) is 25.5 Å². The van der Waals surface area contributed by atoms with Crippen molar-refractivity contribution >= 4 is 5.91 Å². The molecule has 0 bridgehead atoms. The maximum atomic E-state index is 12.8. The molecular weight excluding hydrogens is 306 g/mol. The molecule has 126 valence electrons. The Bertz CT molecular complexity index is 786. The minimum atomic E-state index is -0.343. The molecule has 6 heteroatoms. The van der Waals surface area contributed by atoms with Gasteiger partial charge < -0.3 is 9.64 Å². The lowest BCUT2D eigenvalue weighted by Gasteiger charge is -2.32. The van der Waals surface area contributed by atoms with E-state index >= 15 is 0 Å².